The molecule has 2 fully saturated rings. The molecule has 0 aromatic carbocycles. The van der Waals surface area contributed by atoms with Crippen LogP contribution in [0.25, 0.3) is 11.4 Å². The van der Waals surface area contributed by atoms with Gasteiger partial charge in [-0.15, -0.1) is 5.10 Å². The van der Waals surface area contributed by atoms with Gasteiger partial charge < -0.3 is 19.3 Å². The predicted octanol–water partition coefficient (Wildman–Crippen LogP) is 3.43. The van der Waals surface area contributed by atoms with E-state index < -0.39 is 5.97 Å². The predicted molar refractivity (Wildman–Crippen MR) is 128 cm³/mol. The van der Waals surface area contributed by atoms with Crippen LogP contribution in [0.4, 0.5) is 0 Å². The summed E-state index contributed by atoms with van der Waals surface area (Å²) in [7, 11) is 1.80. The van der Waals surface area contributed by atoms with Crippen LogP contribution in [-0.4, -0.2) is 53.2 Å². The zero-order valence-corrected chi connectivity index (χ0v) is 20.7. The molecule has 0 aliphatic heterocycles. The zero-order chi connectivity index (χ0) is 25.2. The van der Waals surface area contributed by atoms with Gasteiger partial charge in [-0.3, -0.25) is 4.79 Å². The van der Waals surface area contributed by atoms with Crippen molar-refractivity contribution in [2.75, 3.05) is 0 Å². The Morgan fingerprint density at radius 2 is 1.89 bits per heavy atom. The van der Waals surface area contributed by atoms with Crippen LogP contribution in [0.2, 0.25) is 0 Å². The number of aromatic nitrogens is 6. The van der Waals surface area contributed by atoms with Crippen LogP contribution in [-0.2, 0) is 18.4 Å². The molecule has 2 aliphatic rings. The molecule has 3 aromatic heterocycles. The molecular formula is C25H30N6O5. The molecule has 2 atom stereocenters. The molecule has 5 rings (SSSR count). The summed E-state index contributed by atoms with van der Waals surface area (Å²) in [5.41, 5.74) is 3.46. The van der Waals surface area contributed by atoms with Gasteiger partial charge in [0, 0.05) is 7.05 Å². The second-order valence-electron chi connectivity index (χ2n) is 9.44. The molecule has 0 amide bonds. The van der Waals surface area contributed by atoms with Crippen LogP contribution in [0.1, 0.15) is 55.5 Å². The molecule has 1 N–H and O–H groups in total. The molecule has 36 heavy (non-hydrogen) atoms. The Labute approximate surface area is 208 Å². The lowest BCUT2D eigenvalue weighted by Gasteiger charge is -2.27. The van der Waals surface area contributed by atoms with E-state index in [0.29, 0.717) is 47.4 Å². The number of carbonyl (C=O) groups is 1. The second-order valence-corrected chi connectivity index (χ2v) is 9.44. The molecule has 0 spiro atoms. The average molecular weight is 495 g/mol. The van der Waals surface area contributed by atoms with E-state index in [4.69, 9.17) is 19.2 Å². The van der Waals surface area contributed by atoms with E-state index in [1.54, 1.807) is 11.7 Å². The molecule has 0 unspecified atom stereocenters. The number of ether oxygens (including phenoxy) is 3. The zero-order valence-electron chi connectivity index (χ0n) is 20.7. The molecular weight excluding hydrogens is 464 g/mol. The van der Waals surface area contributed by atoms with Crippen LogP contribution >= 0.6 is 0 Å². The third kappa shape index (κ3) is 5.24. The van der Waals surface area contributed by atoms with E-state index in [9.17, 15) is 9.90 Å². The van der Waals surface area contributed by atoms with Crippen molar-refractivity contribution in [1.29, 1.82) is 0 Å². The highest BCUT2D eigenvalue weighted by molar-refractivity contribution is 5.70. The van der Waals surface area contributed by atoms with Gasteiger partial charge >= 0.3 is 5.97 Å². The summed E-state index contributed by atoms with van der Waals surface area (Å²) >= 11 is 0. The Bertz CT molecular complexity index is 1260. The van der Waals surface area contributed by atoms with Crippen molar-refractivity contribution >= 4 is 5.97 Å². The van der Waals surface area contributed by atoms with E-state index >= 15 is 0 Å². The highest BCUT2D eigenvalue weighted by Crippen LogP contribution is 2.32. The number of carboxylic acid groups (broad SMARTS) is 1. The maximum Gasteiger partial charge on any atom is 0.306 e. The van der Waals surface area contributed by atoms with Gasteiger partial charge in [0.25, 0.3) is 0 Å². The van der Waals surface area contributed by atoms with Gasteiger partial charge in [0.2, 0.25) is 11.8 Å². The summed E-state index contributed by atoms with van der Waals surface area (Å²) in [6.45, 7) is 3.94. The topological polar surface area (TPSA) is 134 Å². The number of pyridine rings is 1. The lowest BCUT2D eigenvalue weighted by atomic mass is 9.87. The Morgan fingerprint density at radius 3 is 2.64 bits per heavy atom. The minimum absolute atomic E-state index is 0.128. The number of hydrogen-bond donors (Lipinski definition) is 1. The van der Waals surface area contributed by atoms with Crippen molar-refractivity contribution in [2.45, 2.75) is 71.2 Å². The molecule has 0 radical (unpaired) electrons. The fraction of sp³-hybridized carbons (Fsp3) is 0.520. The van der Waals surface area contributed by atoms with Crippen LogP contribution in [0.3, 0.4) is 0 Å². The summed E-state index contributed by atoms with van der Waals surface area (Å²) in [5, 5.41) is 17.8. The van der Waals surface area contributed by atoms with E-state index in [1.165, 1.54) is 6.33 Å². The van der Waals surface area contributed by atoms with Gasteiger partial charge in [-0.05, 0) is 64.5 Å². The fourth-order valence-electron chi connectivity index (χ4n) is 4.36. The largest absolute Gasteiger partial charge is 0.489 e. The van der Waals surface area contributed by atoms with E-state index in [-0.39, 0.29) is 24.7 Å². The summed E-state index contributed by atoms with van der Waals surface area (Å²) in [5.74, 6) is 0.540. The summed E-state index contributed by atoms with van der Waals surface area (Å²) in [4.78, 5) is 24.6. The minimum Gasteiger partial charge on any atom is -0.489 e. The van der Waals surface area contributed by atoms with Crippen LogP contribution in [0.15, 0.2) is 18.5 Å². The van der Waals surface area contributed by atoms with Crippen molar-refractivity contribution in [3.8, 4) is 28.9 Å². The standard InChI is InChI=1S/C25H30N6O5/c1-14-23(26-13-27-24(14)36-17-7-8-17)34-12-20-22(29-30-31(20)3)19-9-10-21(15(2)28-19)35-18-6-4-5-16(11-18)25(32)33/h9-10,13,16-18H,4-8,11-12H2,1-3H3,(H,32,33)/t16-,18-/m0/s1. The Balaban J connectivity index is 1.29. The van der Waals surface area contributed by atoms with E-state index in [2.05, 4.69) is 20.3 Å². The smallest absolute Gasteiger partial charge is 0.306 e. The van der Waals surface area contributed by atoms with Crippen molar-refractivity contribution in [1.82, 2.24) is 29.9 Å². The van der Waals surface area contributed by atoms with Gasteiger partial charge in [-0.25, -0.2) is 19.6 Å². The van der Waals surface area contributed by atoms with Gasteiger partial charge in [-0.2, -0.15) is 0 Å². The SMILES string of the molecule is Cc1nc(-c2nnn(C)c2COc2ncnc(OC3CC3)c2C)ccc1O[C@H]1CCC[C@H](C(=O)O)C1. The third-order valence-corrected chi connectivity index (χ3v) is 6.63. The third-order valence-electron chi connectivity index (χ3n) is 6.63. The number of aliphatic carboxylic acids is 1. The molecule has 190 valence electrons. The molecule has 0 bridgehead atoms. The molecule has 0 saturated heterocycles. The maximum atomic E-state index is 11.4. The van der Waals surface area contributed by atoms with Gasteiger partial charge in [0.15, 0.2) is 0 Å². The molecule has 3 aromatic rings. The van der Waals surface area contributed by atoms with Crippen molar-refractivity contribution in [3.63, 3.8) is 0 Å². The lowest BCUT2D eigenvalue weighted by Crippen LogP contribution is -2.29. The normalized spacial score (nSPS) is 19.6. The number of rotatable bonds is 9. The number of carboxylic acids is 1. The van der Waals surface area contributed by atoms with Gasteiger partial charge in [0.1, 0.15) is 36.2 Å². The highest BCUT2D eigenvalue weighted by atomic mass is 16.5. The first-order valence-corrected chi connectivity index (χ1v) is 12.3. The average Bonchev–Trinajstić information content (AvgIpc) is 3.61. The molecule has 11 heteroatoms. The quantitative estimate of drug-likeness (QED) is 0.471. The van der Waals surface area contributed by atoms with Crippen LogP contribution in [0.5, 0.6) is 17.5 Å². The van der Waals surface area contributed by atoms with Crippen molar-refractivity contribution in [3.05, 3.63) is 35.4 Å². The molecule has 11 nitrogen and oxygen atoms in total. The van der Waals surface area contributed by atoms with Crippen molar-refractivity contribution in [2.24, 2.45) is 13.0 Å². The fourth-order valence-corrected chi connectivity index (χ4v) is 4.36. The maximum absolute atomic E-state index is 11.4. The van der Waals surface area contributed by atoms with Crippen LogP contribution < -0.4 is 14.2 Å². The minimum atomic E-state index is -0.755. The first-order chi connectivity index (χ1) is 17.4. The van der Waals surface area contributed by atoms with Crippen LogP contribution in [0, 0.1) is 19.8 Å². The van der Waals surface area contributed by atoms with E-state index in [0.717, 1.165) is 36.9 Å². The second kappa shape index (κ2) is 10.1. The monoisotopic (exact) mass is 494 g/mol. The number of hydrogen-bond acceptors (Lipinski definition) is 9. The molecule has 2 saturated carbocycles. The highest BCUT2D eigenvalue weighted by Gasteiger charge is 2.29. The first kappa shape index (κ1) is 24.0. The molecule has 3 heterocycles. The summed E-state index contributed by atoms with van der Waals surface area (Å²) in [6, 6.07) is 3.70. The van der Waals surface area contributed by atoms with Gasteiger partial charge in [0.05, 0.1) is 29.0 Å². The Hall–Kier alpha value is -3.76. The Kier molecular flexibility index (Phi) is 6.71. The summed E-state index contributed by atoms with van der Waals surface area (Å²) in [6.07, 6.45) is 6.53. The van der Waals surface area contributed by atoms with Gasteiger partial charge in [-0.1, -0.05) is 5.21 Å². The lowest BCUT2D eigenvalue weighted by molar-refractivity contribution is -0.143. The summed E-state index contributed by atoms with van der Waals surface area (Å²) < 4.78 is 19.6. The van der Waals surface area contributed by atoms with Crippen molar-refractivity contribution < 1.29 is 24.1 Å². The first-order valence-electron chi connectivity index (χ1n) is 12.3. The van der Waals surface area contributed by atoms with E-state index in [1.807, 2.05) is 26.0 Å². The number of aryl methyl sites for hydroxylation is 2. The number of nitrogens with zero attached hydrogens (tertiary/aromatic N) is 6. The molecule has 2 aliphatic carbocycles. The Morgan fingerprint density at radius 1 is 1.08 bits per heavy atom.